The van der Waals surface area contributed by atoms with E-state index < -0.39 is 5.97 Å². The average molecular weight is 315 g/mol. The van der Waals surface area contributed by atoms with Crippen LogP contribution in [0.3, 0.4) is 0 Å². The molecule has 2 rings (SSSR count). The largest absolute Gasteiger partial charge is 0.481 e. The molecule has 102 valence electrons. The Morgan fingerprint density at radius 3 is 2.68 bits per heavy atom. The van der Waals surface area contributed by atoms with Crippen molar-refractivity contribution in [2.45, 2.75) is 41.3 Å². The standard InChI is InChI=1S/C11H13N3O2S3/c1-11(2,3)8-13-14-10(18-8)19-9-12-6(5-17-9)4-7(15)16/h5H,4H2,1-3H3,(H,15,16). The Bertz CT molecular complexity index is 586. The van der Waals surface area contributed by atoms with Gasteiger partial charge in [-0.3, -0.25) is 4.79 Å². The van der Waals surface area contributed by atoms with E-state index in [1.54, 1.807) is 16.7 Å². The first-order valence-electron chi connectivity index (χ1n) is 5.52. The molecule has 1 N–H and O–H groups in total. The molecule has 2 heterocycles. The van der Waals surface area contributed by atoms with Gasteiger partial charge >= 0.3 is 5.97 Å². The summed E-state index contributed by atoms with van der Waals surface area (Å²) in [4.78, 5) is 14.8. The highest BCUT2D eigenvalue weighted by Crippen LogP contribution is 2.35. The molecule has 2 aromatic heterocycles. The predicted octanol–water partition coefficient (Wildman–Crippen LogP) is 3.07. The number of carboxylic acid groups (broad SMARTS) is 1. The smallest absolute Gasteiger partial charge is 0.309 e. The summed E-state index contributed by atoms with van der Waals surface area (Å²) < 4.78 is 1.63. The van der Waals surface area contributed by atoms with Gasteiger partial charge < -0.3 is 5.11 Å². The lowest BCUT2D eigenvalue weighted by atomic mass is 9.98. The molecule has 0 saturated heterocycles. The van der Waals surface area contributed by atoms with Gasteiger partial charge in [0.2, 0.25) is 0 Å². The fourth-order valence-corrected chi connectivity index (χ4v) is 4.14. The molecule has 19 heavy (non-hydrogen) atoms. The summed E-state index contributed by atoms with van der Waals surface area (Å²) in [5.41, 5.74) is 0.578. The third-order valence-corrected chi connectivity index (χ3v) is 5.47. The van der Waals surface area contributed by atoms with E-state index in [1.807, 2.05) is 0 Å². The van der Waals surface area contributed by atoms with Gasteiger partial charge in [-0.05, 0) is 11.8 Å². The van der Waals surface area contributed by atoms with E-state index in [2.05, 4.69) is 36.0 Å². The minimum atomic E-state index is -0.868. The molecule has 2 aromatic rings. The van der Waals surface area contributed by atoms with Crippen molar-refractivity contribution in [3.8, 4) is 0 Å². The summed E-state index contributed by atoms with van der Waals surface area (Å²) in [6.45, 7) is 6.28. The van der Waals surface area contributed by atoms with Crippen LogP contribution in [0, 0.1) is 0 Å². The van der Waals surface area contributed by atoms with Crippen LogP contribution in [-0.2, 0) is 16.6 Å². The predicted molar refractivity (Wildman–Crippen MR) is 76.2 cm³/mol. The highest BCUT2D eigenvalue weighted by Gasteiger charge is 2.20. The van der Waals surface area contributed by atoms with E-state index in [0.29, 0.717) is 5.69 Å². The van der Waals surface area contributed by atoms with Crippen LogP contribution in [0.2, 0.25) is 0 Å². The maximum atomic E-state index is 10.6. The minimum Gasteiger partial charge on any atom is -0.481 e. The number of hydrogen-bond acceptors (Lipinski definition) is 7. The Balaban J connectivity index is 2.07. The quantitative estimate of drug-likeness (QED) is 0.934. The molecule has 8 heteroatoms. The molecule has 0 fully saturated rings. The van der Waals surface area contributed by atoms with E-state index in [0.717, 1.165) is 13.7 Å². The Labute approximate surface area is 123 Å². The van der Waals surface area contributed by atoms with E-state index in [-0.39, 0.29) is 11.8 Å². The second-order valence-electron chi connectivity index (χ2n) is 4.90. The van der Waals surface area contributed by atoms with Crippen molar-refractivity contribution in [3.05, 3.63) is 16.1 Å². The molecule has 5 nitrogen and oxygen atoms in total. The van der Waals surface area contributed by atoms with Gasteiger partial charge in [-0.25, -0.2) is 4.98 Å². The molecule has 0 aliphatic carbocycles. The van der Waals surface area contributed by atoms with Crippen molar-refractivity contribution in [2.24, 2.45) is 0 Å². The van der Waals surface area contributed by atoms with E-state index in [9.17, 15) is 4.79 Å². The first-order chi connectivity index (χ1) is 8.84. The summed E-state index contributed by atoms with van der Waals surface area (Å²) >= 11 is 4.41. The second-order valence-corrected chi connectivity index (χ2v) is 8.23. The summed E-state index contributed by atoms with van der Waals surface area (Å²) in [5.74, 6) is -0.868. The lowest BCUT2D eigenvalue weighted by molar-refractivity contribution is -0.136. The van der Waals surface area contributed by atoms with Crippen molar-refractivity contribution in [3.63, 3.8) is 0 Å². The van der Waals surface area contributed by atoms with Gasteiger partial charge in [0, 0.05) is 10.8 Å². The number of thiazole rings is 1. The third-order valence-electron chi connectivity index (χ3n) is 2.09. The summed E-state index contributed by atoms with van der Waals surface area (Å²) in [6, 6.07) is 0. The number of carboxylic acids is 1. The zero-order valence-corrected chi connectivity index (χ0v) is 13.2. The monoisotopic (exact) mass is 315 g/mol. The van der Waals surface area contributed by atoms with Gasteiger partial charge in [-0.1, -0.05) is 32.1 Å². The van der Waals surface area contributed by atoms with Gasteiger partial charge in [0.05, 0.1) is 12.1 Å². The van der Waals surface area contributed by atoms with Crippen molar-refractivity contribution in [2.75, 3.05) is 0 Å². The molecule has 0 aromatic carbocycles. The molecule has 0 unspecified atom stereocenters. The van der Waals surface area contributed by atoms with Gasteiger partial charge in [-0.2, -0.15) is 0 Å². The van der Waals surface area contributed by atoms with Crippen LogP contribution in [0.1, 0.15) is 31.5 Å². The molecule has 0 bridgehead atoms. The molecule has 0 aliphatic rings. The number of carbonyl (C=O) groups is 1. The lowest BCUT2D eigenvalue weighted by Crippen LogP contribution is -2.10. The second kappa shape index (κ2) is 5.56. The van der Waals surface area contributed by atoms with Gasteiger partial charge in [0.1, 0.15) is 5.01 Å². The van der Waals surface area contributed by atoms with Crippen LogP contribution in [0.5, 0.6) is 0 Å². The highest BCUT2D eigenvalue weighted by atomic mass is 32.2. The van der Waals surface area contributed by atoms with Crippen molar-refractivity contribution >= 4 is 40.4 Å². The van der Waals surface area contributed by atoms with Crippen LogP contribution in [0.4, 0.5) is 0 Å². The van der Waals surface area contributed by atoms with E-state index in [1.165, 1.54) is 23.1 Å². The molecule has 0 radical (unpaired) electrons. The van der Waals surface area contributed by atoms with E-state index >= 15 is 0 Å². The van der Waals surface area contributed by atoms with Crippen LogP contribution >= 0.6 is 34.4 Å². The van der Waals surface area contributed by atoms with E-state index in [4.69, 9.17) is 5.11 Å². The van der Waals surface area contributed by atoms with Crippen LogP contribution in [0.15, 0.2) is 14.1 Å². The number of nitrogens with zero attached hydrogens (tertiary/aromatic N) is 3. The molecule has 0 atom stereocenters. The third kappa shape index (κ3) is 3.99. The van der Waals surface area contributed by atoms with Gasteiger partial charge in [0.25, 0.3) is 0 Å². The minimum absolute atomic E-state index is 0.00613. The maximum Gasteiger partial charge on any atom is 0.309 e. The molecule has 0 spiro atoms. The SMILES string of the molecule is CC(C)(C)c1nnc(Sc2nc(CC(=O)O)cs2)s1. The Hall–Kier alpha value is -0.990. The lowest BCUT2D eigenvalue weighted by Gasteiger charge is -2.12. The Morgan fingerprint density at radius 2 is 2.11 bits per heavy atom. The summed E-state index contributed by atoms with van der Waals surface area (Å²) in [6.07, 6.45) is -0.0412. The molecule has 0 amide bonds. The fraction of sp³-hybridized carbons (Fsp3) is 0.455. The molecule has 0 aliphatic heterocycles. The normalized spacial score (nSPS) is 11.7. The van der Waals surface area contributed by atoms with Crippen molar-refractivity contribution in [1.82, 2.24) is 15.2 Å². The van der Waals surface area contributed by atoms with Gasteiger partial charge in [0.15, 0.2) is 8.68 Å². The molecule has 0 saturated carbocycles. The fourth-order valence-electron chi connectivity index (χ4n) is 1.20. The number of aliphatic carboxylic acids is 1. The Morgan fingerprint density at radius 1 is 1.37 bits per heavy atom. The summed E-state index contributed by atoms with van der Waals surface area (Å²) in [7, 11) is 0. The Kier molecular flexibility index (Phi) is 4.22. The van der Waals surface area contributed by atoms with Crippen molar-refractivity contribution < 1.29 is 9.90 Å². The van der Waals surface area contributed by atoms with Crippen LogP contribution < -0.4 is 0 Å². The number of hydrogen-bond donors (Lipinski definition) is 1. The van der Waals surface area contributed by atoms with Crippen LogP contribution in [-0.4, -0.2) is 26.3 Å². The number of aromatic nitrogens is 3. The first kappa shape index (κ1) is 14.4. The number of rotatable bonds is 4. The highest BCUT2D eigenvalue weighted by molar-refractivity contribution is 8.02. The van der Waals surface area contributed by atoms with Gasteiger partial charge in [-0.15, -0.1) is 21.5 Å². The zero-order chi connectivity index (χ0) is 14.0. The van der Waals surface area contributed by atoms with Crippen molar-refractivity contribution in [1.29, 1.82) is 0 Å². The molecular formula is C11H13N3O2S3. The zero-order valence-electron chi connectivity index (χ0n) is 10.7. The molecular weight excluding hydrogens is 302 g/mol. The maximum absolute atomic E-state index is 10.6. The topological polar surface area (TPSA) is 76.0 Å². The summed E-state index contributed by atoms with van der Waals surface area (Å²) in [5, 5.41) is 19.7. The average Bonchev–Trinajstić information content (AvgIpc) is 2.86. The first-order valence-corrected chi connectivity index (χ1v) is 8.04. The van der Waals surface area contributed by atoms with Crippen LogP contribution in [0.25, 0.3) is 0 Å².